The average molecular weight is 251 g/mol. The van der Waals surface area contributed by atoms with Crippen LogP contribution >= 0.6 is 0 Å². The Morgan fingerprint density at radius 3 is 2.89 bits per heavy atom. The van der Waals surface area contributed by atoms with E-state index < -0.39 is 17.3 Å². The summed E-state index contributed by atoms with van der Waals surface area (Å²) in [7, 11) is 0. The zero-order chi connectivity index (χ0) is 13.3. The topological polar surface area (TPSA) is 66.6 Å². The monoisotopic (exact) mass is 251 g/mol. The van der Waals surface area contributed by atoms with E-state index >= 15 is 0 Å². The number of fused-ring (bicyclic) bond motifs is 1. The Labute approximate surface area is 103 Å². The molecule has 0 unspecified atom stereocenters. The Hall–Kier alpha value is -1.95. The number of aliphatic hydroxyl groups excluding tert-OH is 1. The summed E-state index contributed by atoms with van der Waals surface area (Å²) in [6, 6.07) is 2.77. The Morgan fingerprint density at radius 1 is 1.50 bits per heavy atom. The molecule has 0 aliphatic rings. The van der Waals surface area contributed by atoms with Gasteiger partial charge in [0, 0.05) is 12.4 Å². The highest BCUT2D eigenvalue weighted by molar-refractivity contribution is 5.93. The number of pyridine rings is 1. The van der Waals surface area contributed by atoms with Crippen molar-refractivity contribution in [2.75, 3.05) is 6.61 Å². The third-order valence-corrected chi connectivity index (χ3v) is 2.49. The van der Waals surface area contributed by atoms with E-state index in [1.807, 2.05) is 0 Å². The molecule has 1 amide bonds. The molecule has 0 radical (unpaired) electrons. The molecule has 18 heavy (non-hydrogen) atoms. The molecular formula is C12H14FN3O2. The molecular weight excluding hydrogens is 237 g/mol. The highest BCUT2D eigenvalue weighted by Crippen LogP contribution is 2.08. The van der Waals surface area contributed by atoms with Crippen LogP contribution in [0, 0.1) is 5.82 Å². The fraction of sp³-hybridized carbons (Fsp3) is 0.333. The number of hydrogen-bond donors (Lipinski definition) is 2. The second-order valence-electron chi connectivity index (χ2n) is 4.74. The summed E-state index contributed by atoms with van der Waals surface area (Å²) in [5.74, 6) is -0.805. The number of halogens is 1. The van der Waals surface area contributed by atoms with Gasteiger partial charge >= 0.3 is 0 Å². The van der Waals surface area contributed by atoms with E-state index in [9.17, 15) is 9.18 Å². The minimum Gasteiger partial charge on any atom is -0.394 e. The summed E-state index contributed by atoms with van der Waals surface area (Å²) < 4.78 is 14.4. The number of imidazole rings is 1. The highest BCUT2D eigenvalue weighted by atomic mass is 19.1. The fourth-order valence-electron chi connectivity index (χ4n) is 1.48. The van der Waals surface area contributed by atoms with E-state index in [2.05, 4.69) is 10.3 Å². The summed E-state index contributed by atoms with van der Waals surface area (Å²) in [6.07, 6.45) is 2.69. The number of aliphatic hydroxyl groups is 1. The maximum absolute atomic E-state index is 13.0. The van der Waals surface area contributed by atoms with Gasteiger partial charge in [-0.3, -0.25) is 4.79 Å². The number of carbonyl (C=O) groups is 1. The Bertz CT molecular complexity index is 592. The van der Waals surface area contributed by atoms with E-state index in [0.29, 0.717) is 5.65 Å². The SMILES string of the molecule is CC(C)(CO)NC(=O)c1cn2cc(F)ccc2n1. The summed E-state index contributed by atoms with van der Waals surface area (Å²) in [5.41, 5.74) is -0.0523. The van der Waals surface area contributed by atoms with Gasteiger partial charge in [0.05, 0.1) is 12.1 Å². The third-order valence-electron chi connectivity index (χ3n) is 2.49. The number of carbonyl (C=O) groups excluding carboxylic acids is 1. The zero-order valence-corrected chi connectivity index (χ0v) is 10.1. The van der Waals surface area contributed by atoms with Crippen molar-refractivity contribution >= 4 is 11.6 Å². The van der Waals surface area contributed by atoms with E-state index in [1.165, 1.54) is 28.9 Å². The second-order valence-corrected chi connectivity index (χ2v) is 4.74. The first kappa shape index (κ1) is 12.5. The van der Waals surface area contributed by atoms with Gasteiger partial charge in [0.1, 0.15) is 17.2 Å². The second kappa shape index (κ2) is 4.38. The van der Waals surface area contributed by atoms with E-state index in [4.69, 9.17) is 5.11 Å². The van der Waals surface area contributed by atoms with Crippen LogP contribution in [-0.2, 0) is 0 Å². The van der Waals surface area contributed by atoms with Crippen LogP contribution in [0.1, 0.15) is 24.3 Å². The smallest absolute Gasteiger partial charge is 0.271 e. The van der Waals surface area contributed by atoms with Crippen molar-refractivity contribution in [3.63, 3.8) is 0 Å². The molecule has 2 heterocycles. The third kappa shape index (κ3) is 2.48. The van der Waals surface area contributed by atoms with Gasteiger partial charge in [0.15, 0.2) is 0 Å². The molecule has 6 heteroatoms. The van der Waals surface area contributed by atoms with Gasteiger partial charge < -0.3 is 14.8 Å². The summed E-state index contributed by atoms with van der Waals surface area (Å²) in [4.78, 5) is 16.0. The van der Waals surface area contributed by atoms with Gasteiger partial charge in [-0.15, -0.1) is 0 Å². The van der Waals surface area contributed by atoms with Crippen LogP contribution in [0.3, 0.4) is 0 Å². The van der Waals surface area contributed by atoms with E-state index in [1.54, 1.807) is 13.8 Å². The van der Waals surface area contributed by atoms with Gasteiger partial charge in [-0.25, -0.2) is 9.37 Å². The number of nitrogens with one attached hydrogen (secondary N) is 1. The van der Waals surface area contributed by atoms with Gasteiger partial charge in [0.25, 0.3) is 5.91 Å². The minimum absolute atomic E-state index is 0.180. The molecule has 0 fully saturated rings. The standard InChI is InChI=1S/C12H14FN3O2/c1-12(2,7-17)15-11(18)9-6-16-5-8(13)3-4-10(16)14-9/h3-6,17H,7H2,1-2H3,(H,15,18). The average Bonchev–Trinajstić information content (AvgIpc) is 2.71. The van der Waals surface area contributed by atoms with Crippen LogP contribution < -0.4 is 5.32 Å². The van der Waals surface area contributed by atoms with Crippen molar-refractivity contribution in [3.05, 3.63) is 36.0 Å². The van der Waals surface area contributed by atoms with Crippen molar-refractivity contribution < 1.29 is 14.3 Å². The first-order valence-corrected chi connectivity index (χ1v) is 5.49. The molecule has 0 atom stereocenters. The molecule has 2 N–H and O–H groups in total. The molecule has 0 saturated carbocycles. The zero-order valence-electron chi connectivity index (χ0n) is 10.1. The van der Waals surface area contributed by atoms with Gasteiger partial charge in [-0.05, 0) is 26.0 Å². The Kier molecular flexibility index (Phi) is 3.04. The summed E-state index contributed by atoms with van der Waals surface area (Å²) in [5, 5.41) is 11.7. The van der Waals surface area contributed by atoms with E-state index in [0.717, 1.165) is 0 Å². The number of nitrogens with zero attached hydrogens (tertiary/aromatic N) is 2. The van der Waals surface area contributed by atoms with Crippen LogP contribution in [0.4, 0.5) is 4.39 Å². The Morgan fingerprint density at radius 2 is 2.22 bits per heavy atom. The molecule has 2 aromatic rings. The maximum Gasteiger partial charge on any atom is 0.271 e. The van der Waals surface area contributed by atoms with Crippen LogP contribution in [0.2, 0.25) is 0 Å². The lowest BCUT2D eigenvalue weighted by Crippen LogP contribution is -2.46. The maximum atomic E-state index is 13.0. The normalized spacial score (nSPS) is 11.8. The number of amides is 1. The summed E-state index contributed by atoms with van der Waals surface area (Å²) >= 11 is 0. The van der Waals surface area contributed by atoms with Crippen molar-refractivity contribution in [2.24, 2.45) is 0 Å². The van der Waals surface area contributed by atoms with E-state index in [-0.39, 0.29) is 12.3 Å². The van der Waals surface area contributed by atoms with Crippen molar-refractivity contribution in [1.82, 2.24) is 14.7 Å². The predicted octanol–water partition coefficient (Wildman–Crippen LogP) is 0.974. The van der Waals surface area contributed by atoms with Gasteiger partial charge in [0.2, 0.25) is 0 Å². The highest BCUT2D eigenvalue weighted by Gasteiger charge is 2.21. The minimum atomic E-state index is -0.724. The van der Waals surface area contributed by atoms with Crippen LogP contribution in [0.25, 0.3) is 5.65 Å². The number of hydrogen-bond acceptors (Lipinski definition) is 3. The van der Waals surface area contributed by atoms with Gasteiger partial charge in [-0.1, -0.05) is 0 Å². The molecule has 5 nitrogen and oxygen atoms in total. The summed E-state index contributed by atoms with van der Waals surface area (Å²) in [6.45, 7) is 3.21. The van der Waals surface area contributed by atoms with Crippen molar-refractivity contribution in [1.29, 1.82) is 0 Å². The van der Waals surface area contributed by atoms with Crippen LogP contribution in [0.5, 0.6) is 0 Å². The van der Waals surface area contributed by atoms with Crippen LogP contribution in [0.15, 0.2) is 24.5 Å². The predicted molar refractivity (Wildman–Crippen MR) is 63.8 cm³/mol. The lowest BCUT2D eigenvalue weighted by Gasteiger charge is -2.22. The molecule has 0 bridgehead atoms. The number of aromatic nitrogens is 2. The van der Waals surface area contributed by atoms with Crippen molar-refractivity contribution in [3.8, 4) is 0 Å². The lowest BCUT2D eigenvalue weighted by atomic mass is 10.1. The quantitative estimate of drug-likeness (QED) is 0.854. The lowest BCUT2D eigenvalue weighted by molar-refractivity contribution is 0.0865. The largest absolute Gasteiger partial charge is 0.394 e. The first-order valence-electron chi connectivity index (χ1n) is 5.49. The Balaban J connectivity index is 2.28. The molecule has 0 aliphatic heterocycles. The molecule has 0 aromatic carbocycles. The molecule has 2 aromatic heterocycles. The molecule has 0 saturated heterocycles. The molecule has 2 rings (SSSR count). The number of rotatable bonds is 3. The van der Waals surface area contributed by atoms with Crippen molar-refractivity contribution in [2.45, 2.75) is 19.4 Å². The van der Waals surface area contributed by atoms with Crippen LogP contribution in [-0.4, -0.2) is 32.5 Å². The first-order chi connectivity index (χ1) is 8.41. The fourth-order valence-corrected chi connectivity index (χ4v) is 1.48. The van der Waals surface area contributed by atoms with Gasteiger partial charge in [-0.2, -0.15) is 0 Å². The molecule has 96 valence electrons. The molecule has 0 spiro atoms. The molecule has 0 aliphatic carbocycles.